The minimum absolute atomic E-state index is 0.135. The molecule has 0 aliphatic carbocycles. The van der Waals surface area contributed by atoms with Crippen LogP contribution in [0.15, 0.2) is 30.6 Å². The number of benzene rings is 1. The molecule has 20 heavy (non-hydrogen) atoms. The summed E-state index contributed by atoms with van der Waals surface area (Å²) in [7, 11) is 0. The van der Waals surface area contributed by atoms with Gasteiger partial charge in [-0.3, -0.25) is 0 Å². The van der Waals surface area contributed by atoms with Crippen molar-refractivity contribution >= 4 is 11.5 Å². The highest BCUT2D eigenvalue weighted by Gasteiger charge is 2.30. The average Bonchev–Trinajstić information content (AvgIpc) is 2.41. The fraction of sp³-hybridized carbons (Fsp3) is 0.154. The van der Waals surface area contributed by atoms with E-state index >= 15 is 0 Å². The second-order valence-corrected chi connectivity index (χ2v) is 4.05. The summed E-state index contributed by atoms with van der Waals surface area (Å²) < 4.78 is 37.9. The molecule has 0 radical (unpaired) electrons. The summed E-state index contributed by atoms with van der Waals surface area (Å²) in [4.78, 5) is 7.69. The third-order valence-corrected chi connectivity index (χ3v) is 2.59. The Hall–Kier alpha value is -2.62. The van der Waals surface area contributed by atoms with Gasteiger partial charge in [-0.2, -0.15) is 18.4 Å². The summed E-state index contributed by atoms with van der Waals surface area (Å²) >= 11 is 0. The molecule has 0 bridgehead atoms. The Morgan fingerprint density at radius 3 is 2.50 bits per heavy atom. The van der Waals surface area contributed by atoms with E-state index in [0.717, 1.165) is 12.1 Å². The second-order valence-electron chi connectivity index (χ2n) is 4.05. The highest BCUT2D eigenvalue weighted by Crippen LogP contribution is 2.32. The SMILES string of the molecule is Cc1ccc(C(F)(F)F)cc1Nc1cnc(C#N)cn1. The molecule has 2 rings (SSSR count). The van der Waals surface area contributed by atoms with Gasteiger partial charge in [-0.1, -0.05) is 6.07 Å². The summed E-state index contributed by atoms with van der Waals surface area (Å²) in [5, 5.41) is 11.3. The van der Waals surface area contributed by atoms with Crippen molar-refractivity contribution in [3.63, 3.8) is 0 Å². The molecule has 0 fully saturated rings. The molecular weight excluding hydrogens is 269 g/mol. The molecule has 1 aromatic heterocycles. The molecule has 2 aromatic rings. The van der Waals surface area contributed by atoms with Crippen LogP contribution in [-0.4, -0.2) is 9.97 Å². The molecule has 0 saturated carbocycles. The molecule has 1 N–H and O–H groups in total. The lowest BCUT2D eigenvalue weighted by atomic mass is 10.1. The van der Waals surface area contributed by atoms with Gasteiger partial charge in [-0.15, -0.1) is 0 Å². The third-order valence-electron chi connectivity index (χ3n) is 2.59. The van der Waals surface area contributed by atoms with Gasteiger partial charge in [0.25, 0.3) is 0 Å². The van der Waals surface area contributed by atoms with Crippen LogP contribution in [0, 0.1) is 18.3 Å². The Kier molecular flexibility index (Phi) is 3.57. The van der Waals surface area contributed by atoms with Gasteiger partial charge in [0.15, 0.2) is 5.69 Å². The molecule has 0 saturated heterocycles. The van der Waals surface area contributed by atoms with E-state index in [1.54, 1.807) is 6.92 Å². The molecule has 1 aromatic carbocycles. The number of aryl methyl sites for hydroxylation is 1. The maximum atomic E-state index is 12.6. The van der Waals surface area contributed by atoms with Crippen molar-refractivity contribution in [3.8, 4) is 6.07 Å². The first-order valence-electron chi connectivity index (χ1n) is 5.57. The number of nitrogens with zero attached hydrogens (tertiary/aromatic N) is 3. The lowest BCUT2D eigenvalue weighted by Gasteiger charge is -2.12. The molecule has 7 heteroatoms. The van der Waals surface area contributed by atoms with Crippen molar-refractivity contribution in [1.82, 2.24) is 9.97 Å². The highest BCUT2D eigenvalue weighted by atomic mass is 19.4. The Morgan fingerprint density at radius 2 is 1.95 bits per heavy atom. The normalized spacial score (nSPS) is 10.9. The number of rotatable bonds is 2. The Bertz CT molecular complexity index is 657. The number of hydrogen-bond donors (Lipinski definition) is 1. The lowest BCUT2D eigenvalue weighted by Crippen LogP contribution is -2.06. The van der Waals surface area contributed by atoms with Crippen molar-refractivity contribution < 1.29 is 13.2 Å². The predicted molar refractivity (Wildman–Crippen MR) is 66.2 cm³/mol. The van der Waals surface area contributed by atoms with E-state index in [0.29, 0.717) is 11.3 Å². The van der Waals surface area contributed by atoms with Crippen LogP contribution < -0.4 is 5.32 Å². The van der Waals surface area contributed by atoms with E-state index in [9.17, 15) is 13.2 Å². The van der Waals surface area contributed by atoms with Crippen LogP contribution >= 0.6 is 0 Å². The summed E-state index contributed by atoms with van der Waals surface area (Å²) in [6.45, 7) is 1.68. The van der Waals surface area contributed by atoms with Gasteiger partial charge in [-0.25, -0.2) is 9.97 Å². The van der Waals surface area contributed by atoms with Crippen LogP contribution in [0.5, 0.6) is 0 Å². The van der Waals surface area contributed by atoms with E-state index in [2.05, 4.69) is 15.3 Å². The van der Waals surface area contributed by atoms with Gasteiger partial charge >= 0.3 is 6.18 Å². The molecule has 0 atom stereocenters. The summed E-state index contributed by atoms with van der Waals surface area (Å²) in [5.41, 5.74) is 0.325. The maximum Gasteiger partial charge on any atom is 0.416 e. The quantitative estimate of drug-likeness (QED) is 0.914. The number of halogens is 3. The van der Waals surface area contributed by atoms with Gasteiger partial charge in [0.1, 0.15) is 11.9 Å². The van der Waals surface area contributed by atoms with Crippen molar-refractivity contribution in [2.75, 3.05) is 5.32 Å². The zero-order valence-corrected chi connectivity index (χ0v) is 10.4. The van der Waals surface area contributed by atoms with Gasteiger partial charge in [0.05, 0.1) is 18.0 Å². The van der Waals surface area contributed by atoms with Crippen molar-refractivity contribution in [1.29, 1.82) is 5.26 Å². The largest absolute Gasteiger partial charge is 0.416 e. The number of nitrogens with one attached hydrogen (secondary N) is 1. The topological polar surface area (TPSA) is 61.6 Å². The first-order chi connectivity index (χ1) is 9.40. The standard InChI is InChI=1S/C13H9F3N4/c1-8-2-3-9(13(14,15)16)4-11(8)20-12-7-18-10(5-17)6-19-12/h2-4,6-7H,1H3,(H,19,20). The fourth-order valence-electron chi connectivity index (χ4n) is 1.52. The molecule has 0 unspecified atom stereocenters. The molecule has 1 heterocycles. The molecule has 0 amide bonds. The van der Waals surface area contributed by atoms with Gasteiger partial charge in [0, 0.05) is 5.69 Å². The highest BCUT2D eigenvalue weighted by molar-refractivity contribution is 5.61. The van der Waals surface area contributed by atoms with E-state index in [1.165, 1.54) is 18.5 Å². The predicted octanol–water partition coefficient (Wildman–Crippen LogP) is 3.42. The number of aromatic nitrogens is 2. The van der Waals surface area contributed by atoms with E-state index in [4.69, 9.17) is 5.26 Å². The average molecular weight is 278 g/mol. The molecule has 0 spiro atoms. The number of alkyl halides is 3. The van der Waals surface area contributed by atoms with Crippen LogP contribution in [0.1, 0.15) is 16.8 Å². The summed E-state index contributed by atoms with van der Waals surface area (Å²) in [6, 6.07) is 5.21. The molecular formula is C13H9F3N4. The van der Waals surface area contributed by atoms with E-state index < -0.39 is 11.7 Å². The first kappa shape index (κ1) is 13.8. The van der Waals surface area contributed by atoms with Crippen LogP contribution in [0.3, 0.4) is 0 Å². The molecule has 4 nitrogen and oxygen atoms in total. The third kappa shape index (κ3) is 3.03. The monoisotopic (exact) mass is 278 g/mol. The van der Waals surface area contributed by atoms with Gasteiger partial charge in [0.2, 0.25) is 0 Å². The zero-order valence-electron chi connectivity index (χ0n) is 10.4. The van der Waals surface area contributed by atoms with E-state index in [-0.39, 0.29) is 11.5 Å². The minimum atomic E-state index is -4.40. The molecule has 102 valence electrons. The van der Waals surface area contributed by atoms with E-state index in [1.807, 2.05) is 6.07 Å². The Balaban J connectivity index is 2.30. The summed E-state index contributed by atoms with van der Waals surface area (Å²) in [6.07, 6.45) is -1.87. The van der Waals surface area contributed by atoms with Gasteiger partial charge in [-0.05, 0) is 24.6 Å². The Labute approximate surface area is 112 Å². The van der Waals surface area contributed by atoms with Crippen LogP contribution in [0.2, 0.25) is 0 Å². The molecule has 0 aliphatic rings. The zero-order chi connectivity index (χ0) is 14.8. The van der Waals surface area contributed by atoms with Crippen LogP contribution in [0.25, 0.3) is 0 Å². The number of nitriles is 1. The lowest BCUT2D eigenvalue weighted by molar-refractivity contribution is -0.137. The van der Waals surface area contributed by atoms with Crippen LogP contribution in [-0.2, 0) is 6.18 Å². The van der Waals surface area contributed by atoms with Gasteiger partial charge < -0.3 is 5.32 Å². The van der Waals surface area contributed by atoms with Crippen molar-refractivity contribution in [2.24, 2.45) is 0 Å². The Morgan fingerprint density at radius 1 is 1.20 bits per heavy atom. The van der Waals surface area contributed by atoms with Crippen LogP contribution in [0.4, 0.5) is 24.7 Å². The summed E-state index contributed by atoms with van der Waals surface area (Å²) in [5.74, 6) is 0.270. The first-order valence-corrected chi connectivity index (χ1v) is 5.57. The second kappa shape index (κ2) is 5.17. The van der Waals surface area contributed by atoms with Crippen molar-refractivity contribution in [3.05, 3.63) is 47.4 Å². The maximum absolute atomic E-state index is 12.6. The number of anilines is 2. The minimum Gasteiger partial charge on any atom is -0.339 e. The smallest absolute Gasteiger partial charge is 0.339 e. The molecule has 0 aliphatic heterocycles. The fourth-order valence-corrected chi connectivity index (χ4v) is 1.52. The number of hydrogen-bond acceptors (Lipinski definition) is 4. The van der Waals surface area contributed by atoms with Crippen molar-refractivity contribution in [2.45, 2.75) is 13.1 Å².